The number of ether oxygens (including phenoxy) is 1. The number of benzene rings is 2. The highest BCUT2D eigenvalue weighted by Crippen LogP contribution is 2.23. The smallest absolute Gasteiger partial charge is 0.276 e. The van der Waals surface area contributed by atoms with Crippen LogP contribution in [-0.2, 0) is 0 Å². The Morgan fingerprint density at radius 1 is 1.08 bits per heavy atom. The van der Waals surface area contributed by atoms with Crippen molar-refractivity contribution in [2.45, 2.75) is 18.6 Å². The molecule has 0 saturated heterocycles. The van der Waals surface area contributed by atoms with Gasteiger partial charge in [0.05, 0.1) is 6.61 Å². The summed E-state index contributed by atoms with van der Waals surface area (Å²) in [6.07, 6.45) is 1.66. The lowest BCUT2D eigenvalue weighted by molar-refractivity contribution is 0.112. The summed E-state index contributed by atoms with van der Waals surface area (Å²) in [6.45, 7) is 2.63. The van der Waals surface area contributed by atoms with Gasteiger partial charge in [-0.05, 0) is 49.7 Å². The Kier molecular flexibility index (Phi) is 5.85. The minimum atomic E-state index is 0.536. The molecule has 0 aliphatic rings. The van der Waals surface area contributed by atoms with Gasteiger partial charge in [-0.15, -0.1) is 10.2 Å². The van der Waals surface area contributed by atoms with Gasteiger partial charge in [-0.3, -0.25) is 4.79 Å². The summed E-state index contributed by atoms with van der Waals surface area (Å²) < 4.78 is 11.3. The minimum absolute atomic E-state index is 0.536. The molecule has 25 heavy (non-hydrogen) atoms. The number of hydrogen-bond donors (Lipinski definition) is 0. The lowest BCUT2D eigenvalue weighted by atomic mass is 10.1. The molecule has 0 fully saturated rings. The molecule has 1 heterocycles. The van der Waals surface area contributed by atoms with Gasteiger partial charge in [0.2, 0.25) is 5.89 Å². The fraction of sp³-hybridized carbons (Fsp3) is 0.211. The van der Waals surface area contributed by atoms with Gasteiger partial charge >= 0.3 is 0 Å². The average Bonchev–Trinajstić information content (AvgIpc) is 3.11. The molecule has 2 aromatic carbocycles. The lowest BCUT2D eigenvalue weighted by Gasteiger charge is -2.05. The van der Waals surface area contributed by atoms with Crippen LogP contribution in [0.25, 0.3) is 11.5 Å². The van der Waals surface area contributed by atoms with E-state index >= 15 is 0 Å². The molecule has 3 aromatic rings. The van der Waals surface area contributed by atoms with Crippen molar-refractivity contribution in [3.8, 4) is 17.2 Å². The molecule has 6 heteroatoms. The van der Waals surface area contributed by atoms with E-state index < -0.39 is 0 Å². The number of carbonyl (C=O) groups is 1. The first kappa shape index (κ1) is 17.2. The summed E-state index contributed by atoms with van der Waals surface area (Å²) in [4.78, 5) is 10.6. The summed E-state index contributed by atoms with van der Waals surface area (Å²) in [5.41, 5.74) is 2.76. The van der Waals surface area contributed by atoms with Gasteiger partial charge in [0, 0.05) is 16.9 Å². The number of aromatic nitrogens is 2. The summed E-state index contributed by atoms with van der Waals surface area (Å²) in [5.74, 6) is 2.12. The largest absolute Gasteiger partial charge is 0.494 e. The van der Waals surface area contributed by atoms with Crippen molar-refractivity contribution in [3.05, 3.63) is 59.7 Å². The van der Waals surface area contributed by atoms with Crippen molar-refractivity contribution in [1.82, 2.24) is 10.2 Å². The van der Waals surface area contributed by atoms with Crippen LogP contribution in [-0.4, -0.2) is 28.8 Å². The number of nitrogens with zero attached hydrogens (tertiary/aromatic N) is 2. The van der Waals surface area contributed by atoms with Crippen molar-refractivity contribution >= 4 is 18.0 Å². The summed E-state index contributed by atoms with van der Waals surface area (Å²) in [5, 5.41) is 8.71. The zero-order valence-corrected chi connectivity index (χ0v) is 14.7. The Bertz CT molecular complexity index is 813. The average molecular weight is 354 g/mol. The van der Waals surface area contributed by atoms with Gasteiger partial charge in [0.15, 0.2) is 0 Å². The second-order valence-corrected chi connectivity index (χ2v) is 6.52. The zero-order valence-electron chi connectivity index (χ0n) is 13.8. The van der Waals surface area contributed by atoms with E-state index in [0.29, 0.717) is 23.3 Å². The van der Waals surface area contributed by atoms with Crippen LogP contribution < -0.4 is 4.74 Å². The predicted molar refractivity (Wildman–Crippen MR) is 97.1 cm³/mol. The van der Waals surface area contributed by atoms with E-state index in [1.807, 2.05) is 31.2 Å². The molecule has 0 amide bonds. The topological polar surface area (TPSA) is 65.2 Å². The molecule has 1 aromatic heterocycles. The standard InChI is InChI=1S/C19H18N2O3S/c1-14-3-7-16(8-4-14)18-20-21-19(24-18)25-12-2-11-23-17-9-5-15(13-22)6-10-17/h3-10,13H,2,11-12H2,1H3. The van der Waals surface area contributed by atoms with Crippen molar-refractivity contribution < 1.29 is 13.9 Å². The highest BCUT2D eigenvalue weighted by Gasteiger charge is 2.08. The molecule has 0 saturated carbocycles. The Hall–Kier alpha value is -2.60. The van der Waals surface area contributed by atoms with E-state index in [2.05, 4.69) is 10.2 Å². The van der Waals surface area contributed by atoms with Crippen LogP contribution in [0.1, 0.15) is 22.3 Å². The first-order valence-electron chi connectivity index (χ1n) is 7.96. The third kappa shape index (κ3) is 4.93. The molecule has 0 bridgehead atoms. The summed E-state index contributed by atoms with van der Waals surface area (Å²) in [6, 6.07) is 15.1. The lowest BCUT2D eigenvalue weighted by Crippen LogP contribution is -1.98. The minimum Gasteiger partial charge on any atom is -0.494 e. The zero-order chi connectivity index (χ0) is 17.5. The normalized spacial score (nSPS) is 10.6. The van der Waals surface area contributed by atoms with Gasteiger partial charge in [-0.25, -0.2) is 0 Å². The predicted octanol–water partition coefficient (Wildman–Crippen LogP) is 4.42. The van der Waals surface area contributed by atoms with Gasteiger partial charge in [-0.1, -0.05) is 29.5 Å². The van der Waals surface area contributed by atoms with Crippen molar-refractivity contribution in [2.24, 2.45) is 0 Å². The van der Waals surface area contributed by atoms with Crippen LogP contribution in [0.3, 0.4) is 0 Å². The van der Waals surface area contributed by atoms with Crippen LogP contribution >= 0.6 is 11.8 Å². The van der Waals surface area contributed by atoms with E-state index in [0.717, 1.165) is 29.8 Å². The fourth-order valence-electron chi connectivity index (χ4n) is 2.13. The molecular formula is C19H18N2O3S. The number of aryl methyl sites for hydroxylation is 1. The Labute approximate surface area is 150 Å². The first-order valence-corrected chi connectivity index (χ1v) is 8.94. The SMILES string of the molecule is Cc1ccc(-c2nnc(SCCCOc3ccc(C=O)cc3)o2)cc1. The molecule has 0 aliphatic heterocycles. The maximum atomic E-state index is 10.6. The van der Waals surface area contributed by atoms with Crippen molar-refractivity contribution in [2.75, 3.05) is 12.4 Å². The fourth-order valence-corrected chi connectivity index (χ4v) is 2.81. The summed E-state index contributed by atoms with van der Waals surface area (Å²) >= 11 is 1.51. The quantitative estimate of drug-likeness (QED) is 0.339. The van der Waals surface area contributed by atoms with Crippen LogP contribution in [0.15, 0.2) is 58.2 Å². The van der Waals surface area contributed by atoms with Crippen molar-refractivity contribution in [3.63, 3.8) is 0 Å². The highest BCUT2D eigenvalue weighted by molar-refractivity contribution is 7.99. The highest BCUT2D eigenvalue weighted by atomic mass is 32.2. The van der Waals surface area contributed by atoms with Gasteiger partial charge in [-0.2, -0.15) is 0 Å². The van der Waals surface area contributed by atoms with Gasteiger partial charge in [0.25, 0.3) is 5.22 Å². The van der Waals surface area contributed by atoms with E-state index in [9.17, 15) is 4.79 Å². The molecule has 0 N–H and O–H groups in total. The molecule has 128 valence electrons. The number of hydrogen-bond acceptors (Lipinski definition) is 6. The Balaban J connectivity index is 1.41. The van der Waals surface area contributed by atoms with Gasteiger partial charge in [0.1, 0.15) is 12.0 Å². The first-order chi connectivity index (χ1) is 12.2. The number of thioether (sulfide) groups is 1. The molecule has 0 radical (unpaired) electrons. The van der Waals surface area contributed by atoms with Crippen molar-refractivity contribution in [1.29, 1.82) is 0 Å². The maximum Gasteiger partial charge on any atom is 0.276 e. The molecule has 0 aliphatic carbocycles. The molecule has 0 spiro atoms. The number of aldehydes is 1. The maximum absolute atomic E-state index is 10.6. The van der Waals surface area contributed by atoms with Crippen LogP contribution in [0.2, 0.25) is 0 Å². The molecule has 5 nitrogen and oxygen atoms in total. The van der Waals surface area contributed by atoms with E-state index in [1.54, 1.807) is 24.3 Å². The Morgan fingerprint density at radius 3 is 2.56 bits per heavy atom. The molecule has 0 atom stereocenters. The van der Waals surface area contributed by atoms with E-state index in [-0.39, 0.29) is 0 Å². The number of rotatable bonds is 8. The van der Waals surface area contributed by atoms with Crippen LogP contribution in [0, 0.1) is 6.92 Å². The van der Waals surface area contributed by atoms with Gasteiger partial charge < -0.3 is 9.15 Å². The number of carbonyl (C=O) groups excluding carboxylic acids is 1. The molecular weight excluding hydrogens is 336 g/mol. The monoisotopic (exact) mass is 354 g/mol. The molecule has 3 rings (SSSR count). The second-order valence-electron chi connectivity index (χ2n) is 5.48. The van der Waals surface area contributed by atoms with E-state index in [1.165, 1.54) is 17.3 Å². The van der Waals surface area contributed by atoms with Crippen LogP contribution in [0.5, 0.6) is 5.75 Å². The third-order valence-electron chi connectivity index (χ3n) is 3.50. The third-order valence-corrected chi connectivity index (χ3v) is 4.41. The van der Waals surface area contributed by atoms with Crippen LogP contribution in [0.4, 0.5) is 0 Å². The molecule has 0 unspecified atom stereocenters. The Morgan fingerprint density at radius 2 is 1.84 bits per heavy atom. The van der Waals surface area contributed by atoms with E-state index in [4.69, 9.17) is 9.15 Å². The second kappa shape index (κ2) is 8.48. The summed E-state index contributed by atoms with van der Waals surface area (Å²) in [7, 11) is 0.